The van der Waals surface area contributed by atoms with Gasteiger partial charge in [-0.05, 0) is 37.5 Å². The molecule has 0 bridgehead atoms. The number of carbonyl (C=O) groups excluding carboxylic acids is 2. The van der Waals surface area contributed by atoms with Gasteiger partial charge in [-0.3, -0.25) is 9.59 Å². The minimum atomic E-state index is -0.108. The highest BCUT2D eigenvalue weighted by Crippen LogP contribution is 2.18. The molecule has 1 aromatic carbocycles. The van der Waals surface area contributed by atoms with Crippen molar-refractivity contribution in [2.24, 2.45) is 0 Å². The second kappa shape index (κ2) is 7.78. The number of amides is 2. The van der Waals surface area contributed by atoms with Gasteiger partial charge in [0, 0.05) is 36.8 Å². The lowest BCUT2D eigenvalue weighted by atomic mass is 10.2. The molecule has 0 saturated heterocycles. The van der Waals surface area contributed by atoms with Crippen LogP contribution in [0.1, 0.15) is 43.0 Å². The largest absolute Gasteiger partial charge is 0.352 e. The molecule has 0 unspecified atom stereocenters. The SMILES string of the molecule is CCCNC(=O)c1cccc(NC(=O)CCNC2CC2)c1. The molecule has 2 rings (SSSR count). The number of anilines is 1. The Hall–Kier alpha value is -1.88. The van der Waals surface area contributed by atoms with Gasteiger partial charge in [0.05, 0.1) is 0 Å². The van der Waals surface area contributed by atoms with E-state index < -0.39 is 0 Å². The lowest BCUT2D eigenvalue weighted by Crippen LogP contribution is -2.25. The van der Waals surface area contributed by atoms with Gasteiger partial charge in [-0.25, -0.2) is 0 Å². The lowest BCUT2D eigenvalue weighted by molar-refractivity contribution is -0.116. The van der Waals surface area contributed by atoms with Crippen LogP contribution in [0.3, 0.4) is 0 Å². The first-order valence-corrected chi connectivity index (χ1v) is 7.60. The van der Waals surface area contributed by atoms with Crippen LogP contribution < -0.4 is 16.0 Å². The van der Waals surface area contributed by atoms with Gasteiger partial charge in [0.2, 0.25) is 5.91 Å². The van der Waals surface area contributed by atoms with Crippen LogP contribution >= 0.6 is 0 Å². The van der Waals surface area contributed by atoms with Crippen LogP contribution in [0, 0.1) is 0 Å². The first-order valence-electron chi connectivity index (χ1n) is 7.60. The third kappa shape index (κ3) is 5.55. The molecule has 1 saturated carbocycles. The molecule has 1 aliphatic rings. The van der Waals surface area contributed by atoms with E-state index in [1.165, 1.54) is 12.8 Å². The van der Waals surface area contributed by atoms with Gasteiger partial charge in [-0.2, -0.15) is 0 Å². The molecule has 1 aromatic rings. The molecule has 0 spiro atoms. The van der Waals surface area contributed by atoms with Crippen LogP contribution in [0.25, 0.3) is 0 Å². The molecule has 0 aliphatic heterocycles. The molecule has 1 fully saturated rings. The van der Waals surface area contributed by atoms with Gasteiger partial charge >= 0.3 is 0 Å². The van der Waals surface area contributed by atoms with Crippen molar-refractivity contribution < 1.29 is 9.59 Å². The van der Waals surface area contributed by atoms with Crippen molar-refractivity contribution in [3.05, 3.63) is 29.8 Å². The van der Waals surface area contributed by atoms with Crippen molar-refractivity contribution in [1.29, 1.82) is 0 Å². The van der Waals surface area contributed by atoms with Gasteiger partial charge in [0.1, 0.15) is 0 Å². The summed E-state index contributed by atoms with van der Waals surface area (Å²) in [5, 5.41) is 8.95. The highest BCUT2D eigenvalue weighted by atomic mass is 16.2. The Morgan fingerprint density at radius 2 is 2.05 bits per heavy atom. The fraction of sp³-hybridized carbons (Fsp3) is 0.500. The molecule has 0 radical (unpaired) electrons. The number of hydrogen-bond donors (Lipinski definition) is 3. The first-order chi connectivity index (χ1) is 10.2. The molecule has 5 heteroatoms. The number of nitrogens with one attached hydrogen (secondary N) is 3. The Morgan fingerprint density at radius 3 is 2.76 bits per heavy atom. The van der Waals surface area contributed by atoms with E-state index in [2.05, 4.69) is 16.0 Å². The summed E-state index contributed by atoms with van der Waals surface area (Å²) in [6, 6.07) is 7.64. The summed E-state index contributed by atoms with van der Waals surface area (Å²) >= 11 is 0. The maximum atomic E-state index is 11.9. The average Bonchev–Trinajstić information content (AvgIpc) is 3.29. The third-order valence-corrected chi connectivity index (χ3v) is 3.31. The molecule has 1 aliphatic carbocycles. The molecule has 21 heavy (non-hydrogen) atoms. The van der Waals surface area contributed by atoms with Crippen molar-refractivity contribution in [2.75, 3.05) is 18.4 Å². The summed E-state index contributed by atoms with van der Waals surface area (Å²) in [5.41, 5.74) is 1.23. The Labute approximate surface area is 125 Å². The van der Waals surface area contributed by atoms with Crippen LogP contribution in [0.2, 0.25) is 0 Å². The van der Waals surface area contributed by atoms with Crippen molar-refractivity contribution >= 4 is 17.5 Å². The third-order valence-electron chi connectivity index (χ3n) is 3.31. The molecular formula is C16H23N3O2. The van der Waals surface area contributed by atoms with Crippen molar-refractivity contribution in [3.63, 3.8) is 0 Å². The minimum Gasteiger partial charge on any atom is -0.352 e. The maximum Gasteiger partial charge on any atom is 0.251 e. The molecule has 114 valence electrons. The minimum absolute atomic E-state index is 0.0331. The summed E-state index contributed by atoms with van der Waals surface area (Å²) in [6.07, 6.45) is 3.78. The van der Waals surface area contributed by atoms with Crippen molar-refractivity contribution in [1.82, 2.24) is 10.6 Å². The van der Waals surface area contributed by atoms with Crippen LogP contribution in [0.5, 0.6) is 0 Å². The predicted molar refractivity (Wildman–Crippen MR) is 83.3 cm³/mol. The Morgan fingerprint density at radius 1 is 1.24 bits per heavy atom. The van der Waals surface area contributed by atoms with E-state index in [1.54, 1.807) is 24.3 Å². The fourth-order valence-corrected chi connectivity index (χ4v) is 1.98. The normalized spacial score (nSPS) is 13.8. The molecular weight excluding hydrogens is 266 g/mol. The van der Waals surface area contributed by atoms with E-state index in [9.17, 15) is 9.59 Å². The first kappa shape index (κ1) is 15.5. The molecule has 2 amide bonds. The van der Waals surface area contributed by atoms with Crippen LogP contribution in [-0.2, 0) is 4.79 Å². The highest BCUT2D eigenvalue weighted by Gasteiger charge is 2.20. The van der Waals surface area contributed by atoms with E-state index in [4.69, 9.17) is 0 Å². The number of carbonyl (C=O) groups is 2. The second-order valence-corrected chi connectivity index (χ2v) is 5.36. The summed E-state index contributed by atoms with van der Waals surface area (Å²) in [5.74, 6) is -0.141. The lowest BCUT2D eigenvalue weighted by Gasteiger charge is -2.08. The van der Waals surface area contributed by atoms with E-state index >= 15 is 0 Å². The topological polar surface area (TPSA) is 70.2 Å². The summed E-state index contributed by atoms with van der Waals surface area (Å²) in [7, 11) is 0. The number of rotatable bonds is 8. The van der Waals surface area contributed by atoms with Crippen molar-refractivity contribution in [2.45, 2.75) is 38.6 Å². The zero-order valence-corrected chi connectivity index (χ0v) is 12.4. The van der Waals surface area contributed by atoms with Crippen LogP contribution in [-0.4, -0.2) is 30.9 Å². The summed E-state index contributed by atoms with van der Waals surface area (Å²) in [4.78, 5) is 23.7. The maximum absolute atomic E-state index is 11.9. The zero-order valence-electron chi connectivity index (χ0n) is 12.4. The molecule has 0 atom stereocenters. The smallest absolute Gasteiger partial charge is 0.251 e. The molecule has 0 heterocycles. The van der Waals surface area contributed by atoms with Gasteiger partial charge in [-0.1, -0.05) is 13.0 Å². The zero-order chi connectivity index (χ0) is 15.1. The molecule has 5 nitrogen and oxygen atoms in total. The molecule has 0 aromatic heterocycles. The molecule has 3 N–H and O–H groups in total. The average molecular weight is 289 g/mol. The fourth-order valence-electron chi connectivity index (χ4n) is 1.98. The second-order valence-electron chi connectivity index (χ2n) is 5.36. The Kier molecular flexibility index (Phi) is 5.75. The highest BCUT2D eigenvalue weighted by molar-refractivity contribution is 5.97. The standard InChI is InChI=1S/C16H23N3O2/c1-2-9-18-16(21)12-4-3-5-14(11-12)19-15(20)8-10-17-13-6-7-13/h3-5,11,13,17H,2,6-10H2,1H3,(H,18,21)(H,19,20). The number of hydrogen-bond acceptors (Lipinski definition) is 3. The van der Waals surface area contributed by atoms with Gasteiger partial charge in [-0.15, -0.1) is 0 Å². The van der Waals surface area contributed by atoms with Crippen LogP contribution in [0.4, 0.5) is 5.69 Å². The van der Waals surface area contributed by atoms with Gasteiger partial charge in [0.25, 0.3) is 5.91 Å². The van der Waals surface area contributed by atoms with Crippen molar-refractivity contribution in [3.8, 4) is 0 Å². The summed E-state index contributed by atoms with van der Waals surface area (Å²) < 4.78 is 0. The van der Waals surface area contributed by atoms with E-state index in [-0.39, 0.29) is 11.8 Å². The number of benzene rings is 1. The van der Waals surface area contributed by atoms with E-state index in [1.807, 2.05) is 6.92 Å². The van der Waals surface area contributed by atoms with Gasteiger partial charge in [0.15, 0.2) is 0 Å². The summed E-state index contributed by atoms with van der Waals surface area (Å²) in [6.45, 7) is 3.36. The van der Waals surface area contributed by atoms with Gasteiger partial charge < -0.3 is 16.0 Å². The quantitative estimate of drug-likeness (QED) is 0.684. The Balaban J connectivity index is 1.81. The monoisotopic (exact) mass is 289 g/mol. The predicted octanol–water partition coefficient (Wildman–Crippen LogP) is 1.91. The van der Waals surface area contributed by atoms with E-state index in [0.717, 1.165) is 6.42 Å². The van der Waals surface area contributed by atoms with Crippen LogP contribution in [0.15, 0.2) is 24.3 Å². The van der Waals surface area contributed by atoms with E-state index in [0.29, 0.717) is 36.8 Å². The Bertz CT molecular complexity index is 498.